The fraction of sp³-hybridized carbons (Fsp3) is 0.400. The first-order valence-electron chi connectivity index (χ1n) is 8.68. The van der Waals surface area contributed by atoms with E-state index < -0.39 is 11.6 Å². The van der Waals surface area contributed by atoms with E-state index in [0.717, 1.165) is 43.6 Å². The summed E-state index contributed by atoms with van der Waals surface area (Å²) >= 11 is 0. The highest BCUT2D eigenvalue weighted by Crippen LogP contribution is 2.33. The van der Waals surface area contributed by atoms with Gasteiger partial charge >= 0.3 is 0 Å². The zero-order valence-corrected chi connectivity index (χ0v) is 14.1. The van der Waals surface area contributed by atoms with Crippen LogP contribution in [-0.4, -0.2) is 24.5 Å². The van der Waals surface area contributed by atoms with Crippen molar-refractivity contribution in [1.29, 1.82) is 0 Å². The molecule has 0 amide bonds. The summed E-state index contributed by atoms with van der Waals surface area (Å²) < 4.78 is 39.7. The van der Waals surface area contributed by atoms with Crippen molar-refractivity contribution in [2.75, 3.05) is 19.6 Å². The topological polar surface area (TPSA) is 29.3 Å². The lowest BCUT2D eigenvalue weighted by molar-refractivity contribution is 0.162. The third-order valence-corrected chi connectivity index (χ3v) is 5.15. The van der Waals surface area contributed by atoms with Crippen LogP contribution in [0.25, 0.3) is 0 Å². The van der Waals surface area contributed by atoms with Gasteiger partial charge in [0.2, 0.25) is 0 Å². The number of likely N-dealkylation sites (tertiary alicyclic amines) is 1. The van der Waals surface area contributed by atoms with Gasteiger partial charge in [-0.2, -0.15) is 0 Å². The van der Waals surface area contributed by atoms with Crippen LogP contribution in [0.1, 0.15) is 29.9 Å². The van der Waals surface area contributed by atoms with Crippen molar-refractivity contribution in [1.82, 2.24) is 4.90 Å². The Balaban J connectivity index is 1.60. The Bertz CT molecular complexity index is 695. The first-order chi connectivity index (χ1) is 12.1. The Morgan fingerprint density at radius 1 is 0.960 bits per heavy atom. The first kappa shape index (κ1) is 18.0. The Hall–Kier alpha value is -1.85. The van der Waals surface area contributed by atoms with Gasteiger partial charge in [-0.15, -0.1) is 0 Å². The third-order valence-electron chi connectivity index (χ3n) is 5.15. The molecule has 25 heavy (non-hydrogen) atoms. The SMILES string of the molecule is NCC(c1ccc(F)c(F)c1)C1CCN(Cc2ccc(F)cc2)CC1. The van der Waals surface area contributed by atoms with E-state index in [1.807, 2.05) is 12.1 Å². The molecule has 2 N–H and O–H groups in total. The predicted molar refractivity (Wildman–Crippen MR) is 92.6 cm³/mol. The minimum Gasteiger partial charge on any atom is -0.330 e. The number of hydrogen-bond donors (Lipinski definition) is 1. The number of benzene rings is 2. The number of piperidine rings is 1. The second-order valence-corrected chi connectivity index (χ2v) is 6.76. The summed E-state index contributed by atoms with van der Waals surface area (Å²) in [6.07, 6.45) is 1.92. The molecule has 2 nitrogen and oxygen atoms in total. The van der Waals surface area contributed by atoms with Crippen molar-refractivity contribution in [2.24, 2.45) is 11.7 Å². The summed E-state index contributed by atoms with van der Waals surface area (Å²) in [5.41, 5.74) is 7.80. The summed E-state index contributed by atoms with van der Waals surface area (Å²) in [4.78, 5) is 2.34. The van der Waals surface area contributed by atoms with Crippen LogP contribution in [0.2, 0.25) is 0 Å². The fourth-order valence-electron chi connectivity index (χ4n) is 3.71. The van der Waals surface area contributed by atoms with Gasteiger partial charge in [-0.05, 0) is 79.7 Å². The molecule has 1 aliphatic rings. The molecule has 0 saturated carbocycles. The van der Waals surface area contributed by atoms with Gasteiger partial charge < -0.3 is 5.73 Å². The molecular weight excluding hydrogens is 325 g/mol. The summed E-state index contributed by atoms with van der Waals surface area (Å²) in [6.45, 7) is 3.06. The molecule has 2 aromatic rings. The summed E-state index contributed by atoms with van der Waals surface area (Å²) in [6, 6.07) is 10.7. The normalized spacial score (nSPS) is 17.6. The largest absolute Gasteiger partial charge is 0.330 e. The molecule has 1 aliphatic heterocycles. The molecule has 0 bridgehead atoms. The van der Waals surface area contributed by atoms with Crippen LogP contribution >= 0.6 is 0 Å². The van der Waals surface area contributed by atoms with Gasteiger partial charge in [0.05, 0.1) is 0 Å². The van der Waals surface area contributed by atoms with Gasteiger partial charge in [-0.25, -0.2) is 13.2 Å². The average Bonchev–Trinajstić information content (AvgIpc) is 2.62. The zero-order chi connectivity index (χ0) is 17.8. The quantitative estimate of drug-likeness (QED) is 0.883. The van der Waals surface area contributed by atoms with Crippen LogP contribution in [0.15, 0.2) is 42.5 Å². The van der Waals surface area contributed by atoms with Crippen molar-refractivity contribution in [3.8, 4) is 0 Å². The maximum atomic E-state index is 13.5. The third kappa shape index (κ3) is 4.41. The van der Waals surface area contributed by atoms with Gasteiger partial charge in [0.25, 0.3) is 0 Å². The monoisotopic (exact) mass is 348 g/mol. The molecule has 1 unspecified atom stereocenters. The maximum absolute atomic E-state index is 13.5. The van der Waals surface area contributed by atoms with Crippen LogP contribution < -0.4 is 5.73 Å². The number of halogens is 3. The van der Waals surface area contributed by atoms with E-state index in [4.69, 9.17) is 5.73 Å². The molecule has 1 atom stereocenters. The molecule has 0 aliphatic carbocycles. The van der Waals surface area contributed by atoms with Crippen LogP contribution in [0, 0.1) is 23.4 Å². The molecule has 3 rings (SSSR count). The lowest BCUT2D eigenvalue weighted by Gasteiger charge is -2.36. The second-order valence-electron chi connectivity index (χ2n) is 6.76. The summed E-state index contributed by atoms with van der Waals surface area (Å²) in [5, 5.41) is 0. The van der Waals surface area contributed by atoms with E-state index in [9.17, 15) is 13.2 Å². The highest BCUT2D eigenvalue weighted by Gasteiger charge is 2.27. The predicted octanol–water partition coefficient (Wildman–Crippen LogP) is 4.06. The molecular formula is C20H23F3N2. The Morgan fingerprint density at radius 3 is 2.24 bits per heavy atom. The summed E-state index contributed by atoms with van der Waals surface area (Å²) in [7, 11) is 0. The van der Waals surface area contributed by atoms with E-state index in [1.54, 1.807) is 6.07 Å². The molecule has 5 heteroatoms. The van der Waals surface area contributed by atoms with Gasteiger partial charge in [0.1, 0.15) is 5.82 Å². The number of hydrogen-bond acceptors (Lipinski definition) is 2. The molecule has 0 radical (unpaired) electrons. The van der Waals surface area contributed by atoms with E-state index in [2.05, 4.69) is 4.90 Å². The molecule has 1 fully saturated rings. The molecule has 1 heterocycles. The molecule has 1 saturated heterocycles. The highest BCUT2D eigenvalue weighted by atomic mass is 19.2. The lowest BCUT2D eigenvalue weighted by atomic mass is 9.80. The lowest BCUT2D eigenvalue weighted by Crippen LogP contribution is -2.36. The van der Waals surface area contributed by atoms with Crippen molar-refractivity contribution >= 4 is 0 Å². The van der Waals surface area contributed by atoms with Gasteiger partial charge in [-0.1, -0.05) is 18.2 Å². The summed E-state index contributed by atoms with van der Waals surface area (Å²) in [5.74, 6) is -1.46. The molecule has 2 aromatic carbocycles. The van der Waals surface area contributed by atoms with Crippen molar-refractivity contribution in [3.63, 3.8) is 0 Å². The minimum absolute atomic E-state index is 0.0445. The van der Waals surface area contributed by atoms with Crippen LogP contribution in [0.5, 0.6) is 0 Å². The number of nitrogens with two attached hydrogens (primary N) is 1. The van der Waals surface area contributed by atoms with Crippen LogP contribution in [0.3, 0.4) is 0 Å². The Morgan fingerprint density at radius 2 is 1.64 bits per heavy atom. The number of nitrogens with zero attached hydrogens (tertiary/aromatic N) is 1. The van der Waals surface area contributed by atoms with Gasteiger partial charge in [0.15, 0.2) is 11.6 Å². The Kier molecular flexibility index (Phi) is 5.76. The van der Waals surface area contributed by atoms with E-state index in [-0.39, 0.29) is 11.7 Å². The Labute approximate surface area is 146 Å². The van der Waals surface area contributed by atoms with E-state index >= 15 is 0 Å². The standard InChI is InChI=1S/C20H23F3N2/c21-17-4-1-14(2-5-17)13-25-9-7-15(8-10-25)18(12-24)16-3-6-19(22)20(23)11-16/h1-6,11,15,18H,7-10,12-13,24H2. The molecule has 0 spiro atoms. The van der Waals surface area contributed by atoms with Gasteiger partial charge in [0, 0.05) is 6.54 Å². The molecule has 134 valence electrons. The van der Waals surface area contributed by atoms with Crippen LogP contribution in [-0.2, 0) is 6.54 Å². The van der Waals surface area contributed by atoms with Crippen molar-refractivity contribution in [2.45, 2.75) is 25.3 Å². The van der Waals surface area contributed by atoms with Crippen molar-refractivity contribution in [3.05, 3.63) is 71.0 Å². The molecule has 0 aromatic heterocycles. The van der Waals surface area contributed by atoms with E-state index in [1.165, 1.54) is 24.3 Å². The first-order valence-corrected chi connectivity index (χ1v) is 8.68. The zero-order valence-electron chi connectivity index (χ0n) is 14.1. The minimum atomic E-state index is -0.825. The second kappa shape index (κ2) is 8.02. The maximum Gasteiger partial charge on any atom is 0.159 e. The highest BCUT2D eigenvalue weighted by molar-refractivity contribution is 5.23. The number of rotatable bonds is 5. The smallest absolute Gasteiger partial charge is 0.159 e. The van der Waals surface area contributed by atoms with Crippen molar-refractivity contribution < 1.29 is 13.2 Å². The fourth-order valence-corrected chi connectivity index (χ4v) is 3.71. The van der Waals surface area contributed by atoms with Gasteiger partial charge in [-0.3, -0.25) is 4.90 Å². The average molecular weight is 348 g/mol. The van der Waals surface area contributed by atoms with Crippen LogP contribution in [0.4, 0.5) is 13.2 Å². The van der Waals surface area contributed by atoms with E-state index in [0.29, 0.717) is 12.5 Å².